The minimum atomic E-state index is -0.742. The van der Waals surface area contributed by atoms with E-state index in [9.17, 15) is 9.59 Å². The first kappa shape index (κ1) is 28.1. The number of ether oxygens (including phenoxy) is 1. The summed E-state index contributed by atoms with van der Waals surface area (Å²) in [6.45, 7) is 3.45. The van der Waals surface area contributed by atoms with Crippen LogP contribution in [0.4, 0.5) is 0 Å². The van der Waals surface area contributed by atoms with Crippen LogP contribution in [0.3, 0.4) is 0 Å². The second-order valence-corrected chi connectivity index (χ2v) is 10.2. The number of imidazole rings is 1. The lowest BCUT2D eigenvalue weighted by Gasteiger charge is -2.19. The number of aryl methyl sites for hydroxylation is 1. The van der Waals surface area contributed by atoms with Crippen LogP contribution in [0.2, 0.25) is 0 Å². The number of aromatic amines is 1. The maximum Gasteiger partial charge on any atom is 0.329 e. The highest BCUT2D eigenvalue weighted by atomic mass is 32.2. The summed E-state index contributed by atoms with van der Waals surface area (Å²) in [5.41, 5.74) is 6.26. The van der Waals surface area contributed by atoms with Gasteiger partial charge in [0.25, 0.3) is 5.91 Å². The summed E-state index contributed by atoms with van der Waals surface area (Å²) < 4.78 is 5.57. The van der Waals surface area contributed by atoms with Crippen LogP contribution in [0.1, 0.15) is 39.2 Å². The molecule has 0 aliphatic heterocycles. The number of carbonyl (C=O) groups is 2. The lowest BCUT2D eigenvalue weighted by molar-refractivity contribution is -0.147. The Bertz CT molecular complexity index is 1360. The van der Waals surface area contributed by atoms with E-state index in [1.807, 2.05) is 92.2 Å². The van der Waals surface area contributed by atoms with E-state index in [-0.39, 0.29) is 12.5 Å². The van der Waals surface area contributed by atoms with E-state index in [1.165, 1.54) is 0 Å². The topological polar surface area (TPSA) is 96.1 Å². The lowest BCUT2D eigenvalue weighted by Crippen LogP contribution is -2.42. The van der Waals surface area contributed by atoms with Gasteiger partial charge in [-0.3, -0.25) is 4.79 Å². The van der Waals surface area contributed by atoms with Crippen molar-refractivity contribution in [3.63, 3.8) is 0 Å². The number of aromatic nitrogens is 2. The molecule has 0 radical (unpaired) electrons. The Morgan fingerprint density at radius 2 is 1.77 bits per heavy atom. The van der Waals surface area contributed by atoms with E-state index in [0.717, 1.165) is 39.3 Å². The number of esters is 1. The van der Waals surface area contributed by atoms with E-state index in [0.29, 0.717) is 25.1 Å². The van der Waals surface area contributed by atoms with Crippen LogP contribution in [-0.2, 0) is 29.2 Å². The summed E-state index contributed by atoms with van der Waals surface area (Å²) in [5, 5.41) is 6.36. The molecule has 0 fully saturated rings. The number of hydrogen-bond donors (Lipinski definition) is 3. The van der Waals surface area contributed by atoms with Gasteiger partial charge in [0.05, 0.1) is 12.0 Å². The molecule has 0 aliphatic rings. The molecule has 0 bridgehead atoms. The molecule has 0 spiro atoms. The van der Waals surface area contributed by atoms with Crippen molar-refractivity contribution in [2.45, 2.75) is 39.1 Å². The van der Waals surface area contributed by atoms with Gasteiger partial charge in [0.15, 0.2) is 0 Å². The van der Waals surface area contributed by atoms with Gasteiger partial charge < -0.3 is 20.4 Å². The zero-order chi connectivity index (χ0) is 27.5. The van der Waals surface area contributed by atoms with Gasteiger partial charge in [-0.15, -0.1) is 0 Å². The second-order valence-electron chi connectivity index (χ2n) is 9.26. The van der Waals surface area contributed by atoms with Crippen molar-refractivity contribution in [1.29, 1.82) is 0 Å². The monoisotopic (exact) mass is 542 g/mol. The van der Waals surface area contributed by atoms with Crippen LogP contribution in [0.5, 0.6) is 0 Å². The smallest absolute Gasteiger partial charge is 0.329 e. The number of H-pyrrole nitrogens is 1. The molecule has 3 N–H and O–H groups in total. The van der Waals surface area contributed by atoms with Gasteiger partial charge in [0.1, 0.15) is 12.6 Å². The summed E-state index contributed by atoms with van der Waals surface area (Å²) in [4.78, 5) is 33.8. The fraction of sp³-hybridized carbons (Fsp3) is 0.258. The fourth-order valence-corrected chi connectivity index (χ4v) is 4.74. The van der Waals surface area contributed by atoms with E-state index in [2.05, 4.69) is 20.6 Å². The minimum absolute atomic E-state index is 0.166. The number of hydrogen-bond acceptors (Lipinski definition) is 6. The fourth-order valence-electron chi connectivity index (χ4n) is 4.27. The standard InChI is InChI=1S/C31H34N4O3S/c1-22-8-6-7-11-26(22)28-16-24(17-32-18-25-19-33-21-34-25)12-13-27(28)30(36)35-29(14-15-39-2)31(37)38-20-23-9-4-3-5-10-23/h3-13,16,19,21,29,32H,14-15,17-18,20H2,1-2H3,(H,33,34)(H,35,36). The highest BCUT2D eigenvalue weighted by Gasteiger charge is 2.24. The van der Waals surface area contributed by atoms with Gasteiger partial charge in [0, 0.05) is 24.8 Å². The molecule has 1 aromatic heterocycles. The van der Waals surface area contributed by atoms with E-state index < -0.39 is 12.0 Å². The van der Waals surface area contributed by atoms with Crippen LogP contribution in [0.15, 0.2) is 85.3 Å². The maximum atomic E-state index is 13.6. The van der Waals surface area contributed by atoms with Crippen molar-refractivity contribution in [3.8, 4) is 11.1 Å². The number of rotatable bonds is 13. The zero-order valence-corrected chi connectivity index (χ0v) is 23.1. The molecule has 0 saturated carbocycles. The van der Waals surface area contributed by atoms with Gasteiger partial charge in [0.2, 0.25) is 0 Å². The van der Waals surface area contributed by atoms with Crippen LogP contribution in [0.25, 0.3) is 11.1 Å². The Morgan fingerprint density at radius 3 is 2.51 bits per heavy atom. The Morgan fingerprint density at radius 1 is 0.974 bits per heavy atom. The molecule has 4 aromatic rings. The van der Waals surface area contributed by atoms with Crippen molar-refractivity contribution in [2.75, 3.05) is 12.0 Å². The minimum Gasteiger partial charge on any atom is -0.459 e. The lowest BCUT2D eigenvalue weighted by atomic mass is 9.93. The van der Waals surface area contributed by atoms with Crippen molar-refractivity contribution in [2.24, 2.45) is 0 Å². The van der Waals surface area contributed by atoms with Crippen LogP contribution < -0.4 is 10.6 Å². The molecule has 0 saturated heterocycles. The third-order valence-electron chi connectivity index (χ3n) is 6.38. The van der Waals surface area contributed by atoms with Crippen LogP contribution in [-0.4, -0.2) is 39.9 Å². The molecule has 1 heterocycles. The molecule has 3 aromatic carbocycles. The summed E-state index contributed by atoms with van der Waals surface area (Å²) in [5.74, 6) is -0.0127. The molecule has 4 rings (SSSR count). The van der Waals surface area contributed by atoms with Gasteiger partial charge in [-0.25, -0.2) is 9.78 Å². The normalized spacial score (nSPS) is 11.6. The van der Waals surface area contributed by atoms with Crippen molar-refractivity contribution < 1.29 is 14.3 Å². The number of nitrogens with zero attached hydrogens (tertiary/aromatic N) is 1. The van der Waals surface area contributed by atoms with E-state index in [4.69, 9.17) is 4.74 Å². The van der Waals surface area contributed by atoms with Crippen molar-refractivity contribution in [1.82, 2.24) is 20.6 Å². The molecule has 0 aliphatic carbocycles. The Hall–Kier alpha value is -3.88. The summed E-state index contributed by atoms with van der Waals surface area (Å²) in [7, 11) is 0. The predicted molar refractivity (Wildman–Crippen MR) is 156 cm³/mol. The Kier molecular flexibility index (Phi) is 10.3. The number of benzene rings is 3. The maximum absolute atomic E-state index is 13.6. The second kappa shape index (κ2) is 14.3. The molecule has 202 valence electrons. The third-order valence-corrected chi connectivity index (χ3v) is 7.02. The molecular formula is C31H34N4O3S. The summed E-state index contributed by atoms with van der Waals surface area (Å²) in [6.07, 6.45) is 5.97. The first-order valence-corrected chi connectivity index (χ1v) is 14.3. The molecule has 1 atom stereocenters. The molecule has 1 unspecified atom stereocenters. The quantitative estimate of drug-likeness (QED) is 0.199. The van der Waals surface area contributed by atoms with Gasteiger partial charge in [-0.2, -0.15) is 11.8 Å². The number of carbonyl (C=O) groups excluding carboxylic acids is 2. The highest BCUT2D eigenvalue weighted by Crippen LogP contribution is 2.28. The molecule has 7 nitrogen and oxygen atoms in total. The van der Waals surface area contributed by atoms with Crippen LogP contribution >= 0.6 is 11.8 Å². The van der Waals surface area contributed by atoms with Gasteiger partial charge in [-0.1, -0.05) is 60.7 Å². The molecule has 1 amide bonds. The molecular weight excluding hydrogens is 508 g/mol. The summed E-state index contributed by atoms with van der Waals surface area (Å²) in [6, 6.07) is 22.6. The van der Waals surface area contributed by atoms with Gasteiger partial charge in [-0.05, 0) is 65.3 Å². The average Bonchev–Trinajstić information content (AvgIpc) is 3.48. The first-order chi connectivity index (χ1) is 19.0. The SMILES string of the molecule is CSCCC(NC(=O)c1ccc(CNCc2c[nH]cn2)cc1-c1ccccc1C)C(=O)OCc1ccccc1. The Balaban J connectivity index is 1.53. The Labute approximate surface area is 233 Å². The predicted octanol–water partition coefficient (Wildman–Crippen LogP) is 5.27. The number of amides is 1. The van der Waals surface area contributed by atoms with E-state index in [1.54, 1.807) is 18.1 Å². The third kappa shape index (κ3) is 8.05. The molecule has 8 heteroatoms. The summed E-state index contributed by atoms with van der Waals surface area (Å²) >= 11 is 1.62. The number of nitrogens with one attached hydrogen (secondary N) is 3. The van der Waals surface area contributed by atoms with Crippen molar-refractivity contribution in [3.05, 3.63) is 113 Å². The largest absolute Gasteiger partial charge is 0.459 e. The molecule has 39 heavy (non-hydrogen) atoms. The zero-order valence-electron chi connectivity index (χ0n) is 22.3. The van der Waals surface area contributed by atoms with Gasteiger partial charge >= 0.3 is 5.97 Å². The van der Waals surface area contributed by atoms with Crippen LogP contribution in [0, 0.1) is 6.92 Å². The highest BCUT2D eigenvalue weighted by molar-refractivity contribution is 7.98. The van der Waals surface area contributed by atoms with Crippen molar-refractivity contribution >= 4 is 23.6 Å². The number of thioether (sulfide) groups is 1. The average molecular weight is 543 g/mol. The first-order valence-electron chi connectivity index (χ1n) is 12.9. The van der Waals surface area contributed by atoms with E-state index >= 15 is 0 Å².